The first-order valence-electron chi connectivity index (χ1n) is 5.88. The first-order chi connectivity index (χ1) is 10.1. The van der Waals surface area contributed by atoms with Gasteiger partial charge in [0, 0.05) is 23.2 Å². The molecule has 3 rings (SSSR count). The maximum Gasteiger partial charge on any atom is 0.507 e. The molecule has 0 atom stereocenters. The molecule has 1 aromatic heterocycles. The summed E-state index contributed by atoms with van der Waals surface area (Å²) >= 11 is 3.15. The highest BCUT2D eigenvalue weighted by atomic mass is 79.9. The number of rotatable bonds is 1. The van der Waals surface area contributed by atoms with Gasteiger partial charge in [0.2, 0.25) is 0 Å². The highest BCUT2D eigenvalue weighted by Gasteiger charge is 2.66. The van der Waals surface area contributed by atoms with Crippen molar-refractivity contribution < 1.29 is 27.0 Å². The van der Waals surface area contributed by atoms with Crippen LogP contribution in [0.4, 0.5) is 23.4 Å². The molecule has 0 saturated heterocycles. The molecule has 0 radical (unpaired) electrons. The molecule has 0 saturated carbocycles. The summed E-state index contributed by atoms with van der Waals surface area (Å²) in [4.78, 5) is 0. The molecule has 2 N–H and O–H groups in total. The monoisotopic (exact) mass is 381 g/mol. The van der Waals surface area contributed by atoms with Crippen LogP contribution in [-0.4, -0.2) is 22.0 Å². The maximum absolute atomic E-state index is 13.2. The van der Waals surface area contributed by atoms with Gasteiger partial charge < -0.3 is 15.2 Å². The predicted molar refractivity (Wildman–Crippen MR) is 71.9 cm³/mol. The van der Waals surface area contributed by atoms with E-state index in [1.54, 1.807) is 7.05 Å². The molecule has 0 amide bonds. The zero-order valence-electron chi connectivity index (χ0n) is 10.9. The molecule has 1 aliphatic rings. The Hall–Kier alpha value is -1.97. The Labute approximate surface area is 129 Å². The molecule has 2 heterocycles. The quantitative estimate of drug-likeness (QED) is 0.769. The van der Waals surface area contributed by atoms with E-state index < -0.39 is 23.7 Å². The van der Waals surface area contributed by atoms with Crippen LogP contribution in [0.2, 0.25) is 0 Å². The number of nitrogen functional groups attached to an aromatic ring is 1. The molecule has 0 spiro atoms. The fraction of sp³-hybridized carbons (Fsp3) is 0.250. The first kappa shape index (κ1) is 14.9. The largest absolute Gasteiger partial charge is 0.507 e. The van der Waals surface area contributed by atoms with Crippen molar-refractivity contribution in [2.24, 2.45) is 7.05 Å². The SMILES string of the molecule is Cn1nc(-c2cc3c(cc2Br)OC(F)(F)C(F)(F)O3)cc1N. The summed E-state index contributed by atoms with van der Waals surface area (Å²) in [6.45, 7) is 0. The van der Waals surface area contributed by atoms with E-state index in [0.717, 1.165) is 12.1 Å². The van der Waals surface area contributed by atoms with Gasteiger partial charge in [0.25, 0.3) is 0 Å². The second-order valence-electron chi connectivity index (χ2n) is 4.59. The van der Waals surface area contributed by atoms with Crippen LogP contribution in [0.5, 0.6) is 11.5 Å². The highest BCUT2D eigenvalue weighted by Crippen LogP contribution is 2.49. The van der Waals surface area contributed by atoms with Crippen molar-refractivity contribution in [3.63, 3.8) is 0 Å². The number of hydrogen-bond acceptors (Lipinski definition) is 4. The molecular weight excluding hydrogens is 374 g/mol. The minimum absolute atomic E-state index is 0.314. The Morgan fingerprint density at radius 2 is 1.64 bits per heavy atom. The Balaban J connectivity index is 2.11. The minimum atomic E-state index is -4.77. The summed E-state index contributed by atoms with van der Waals surface area (Å²) in [6, 6.07) is 3.74. The van der Waals surface area contributed by atoms with E-state index in [1.165, 1.54) is 10.7 Å². The van der Waals surface area contributed by atoms with E-state index in [2.05, 4.69) is 30.5 Å². The summed E-state index contributed by atoms with van der Waals surface area (Å²) < 4.78 is 62.5. The molecule has 2 aromatic rings. The van der Waals surface area contributed by atoms with E-state index >= 15 is 0 Å². The van der Waals surface area contributed by atoms with Crippen LogP contribution in [0.1, 0.15) is 0 Å². The predicted octanol–water partition coefficient (Wildman–Crippen LogP) is 3.39. The molecule has 0 fully saturated rings. The second kappa shape index (κ2) is 4.51. The maximum atomic E-state index is 13.2. The van der Waals surface area contributed by atoms with Gasteiger partial charge >= 0.3 is 12.2 Å². The lowest BCUT2D eigenvalue weighted by Crippen LogP contribution is -2.52. The Morgan fingerprint density at radius 3 is 2.14 bits per heavy atom. The van der Waals surface area contributed by atoms with Gasteiger partial charge in [-0.15, -0.1) is 0 Å². The molecule has 22 heavy (non-hydrogen) atoms. The number of fused-ring (bicyclic) bond motifs is 1. The van der Waals surface area contributed by atoms with Crippen LogP contribution in [0.15, 0.2) is 22.7 Å². The molecular formula is C12H8BrF4N3O2. The number of halogens is 5. The summed E-state index contributed by atoms with van der Waals surface area (Å²) in [5, 5.41) is 4.08. The Morgan fingerprint density at radius 1 is 1.09 bits per heavy atom. The molecule has 1 aliphatic heterocycles. The molecule has 1 aromatic carbocycles. The third-order valence-corrected chi connectivity index (χ3v) is 3.70. The lowest BCUT2D eigenvalue weighted by atomic mass is 10.1. The van der Waals surface area contributed by atoms with E-state index in [-0.39, 0.29) is 0 Å². The Kier molecular flexibility index (Phi) is 3.06. The first-order valence-corrected chi connectivity index (χ1v) is 6.67. The molecule has 0 bridgehead atoms. The number of aryl methyl sites for hydroxylation is 1. The van der Waals surface area contributed by atoms with Crippen LogP contribution in [0.3, 0.4) is 0 Å². The smallest absolute Gasteiger partial charge is 0.421 e. The van der Waals surface area contributed by atoms with Crippen molar-refractivity contribution in [2.75, 3.05) is 5.73 Å². The minimum Gasteiger partial charge on any atom is -0.421 e. The molecule has 0 unspecified atom stereocenters. The van der Waals surface area contributed by atoms with E-state index in [0.29, 0.717) is 21.5 Å². The Bertz CT molecular complexity index is 744. The lowest BCUT2D eigenvalue weighted by Gasteiger charge is -2.32. The van der Waals surface area contributed by atoms with Crippen molar-refractivity contribution in [3.8, 4) is 22.8 Å². The van der Waals surface area contributed by atoms with Crippen LogP contribution >= 0.6 is 15.9 Å². The van der Waals surface area contributed by atoms with Crippen LogP contribution in [0, 0.1) is 0 Å². The van der Waals surface area contributed by atoms with Gasteiger partial charge in [0.15, 0.2) is 11.5 Å². The summed E-state index contributed by atoms with van der Waals surface area (Å²) in [5.41, 5.74) is 6.36. The molecule has 118 valence electrons. The van der Waals surface area contributed by atoms with Crippen LogP contribution in [0.25, 0.3) is 11.3 Å². The normalized spacial score (nSPS) is 18.3. The summed E-state index contributed by atoms with van der Waals surface area (Å²) in [6.07, 6.45) is -9.52. The fourth-order valence-corrected chi connectivity index (χ4v) is 2.42. The molecule has 5 nitrogen and oxygen atoms in total. The number of alkyl halides is 4. The van der Waals surface area contributed by atoms with Gasteiger partial charge in [-0.3, -0.25) is 4.68 Å². The molecule has 10 heteroatoms. The number of nitrogens with zero attached hydrogens (tertiary/aromatic N) is 2. The van der Waals surface area contributed by atoms with E-state index in [4.69, 9.17) is 5.73 Å². The number of hydrogen-bond donors (Lipinski definition) is 1. The van der Waals surface area contributed by atoms with Crippen molar-refractivity contribution in [2.45, 2.75) is 12.2 Å². The third-order valence-electron chi connectivity index (χ3n) is 3.04. The highest BCUT2D eigenvalue weighted by molar-refractivity contribution is 9.10. The van der Waals surface area contributed by atoms with E-state index in [1.807, 2.05) is 0 Å². The van der Waals surface area contributed by atoms with E-state index in [9.17, 15) is 17.6 Å². The zero-order valence-corrected chi connectivity index (χ0v) is 12.5. The standard InChI is InChI=1S/C12H8BrF4N3O2/c1-20-10(18)4-7(19-20)5-2-8-9(3-6(5)13)22-12(16,17)11(14,15)21-8/h2-4H,18H2,1H3. The summed E-state index contributed by atoms with van der Waals surface area (Å²) in [7, 11) is 1.60. The van der Waals surface area contributed by atoms with Gasteiger partial charge in [-0.05, 0) is 28.1 Å². The van der Waals surface area contributed by atoms with Crippen molar-refractivity contribution in [1.29, 1.82) is 0 Å². The van der Waals surface area contributed by atoms with Gasteiger partial charge in [0.1, 0.15) is 5.82 Å². The van der Waals surface area contributed by atoms with Crippen molar-refractivity contribution in [3.05, 3.63) is 22.7 Å². The third kappa shape index (κ3) is 2.18. The fourth-order valence-electron chi connectivity index (χ4n) is 1.90. The topological polar surface area (TPSA) is 62.3 Å². The number of anilines is 1. The number of benzene rings is 1. The lowest BCUT2D eigenvalue weighted by molar-refractivity contribution is -0.391. The van der Waals surface area contributed by atoms with Gasteiger partial charge in [0.05, 0.1) is 5.69 Å². The zero-order chi connectivity index (χ0) is 16.3. The average Bonchev–Trinajstić information content (AvgIpc) is 2.70. The van der Waals surface area contributed by atoms with Crippen LogP contribution in [-0.2, 0) is 7.05 Å². The average molecular weight is 382 g/mol. The van der Waals surface area contributed by atoms with Crippen molar-refractivity contribution >= 4 is 21.7 Å². The second-order valence-corrected chi connectivity index (χ2v) is 5.45. The molecule has 0 aliphatic carbocycles. The van der Waals surface area contributed by atoms with Gasteiger partial charge in [-0.2, -0.15) is 22.7 Å². The number of aromatic nitrogens is 2. The van der Waals surface area contributed by atoms with Gasteiger partial charge in [-0.25, -0.2) is 0 Å². The number of nitrogens with two attached hydrogens (primary N) is 1. The summed E-state index contributed by atoms with van der Waals surface area (Å²) in [5.74, 6) is -0.678. The van der Waals surface area contributed by atoms with Gasteiger partial charge in [-0.1, -0.05) is 0 Å². The number of ether oxygens (including phenoxy) is 2. The van der Waals surface area contributed by atoms with Crippen LogP contribution < -0.4 is 15.2 Å². The van der Waals surface area contributed by atoms with Crippen molar-refractivity contribution in [1.82, 2.24) is 9.78 Å².